The van der Waals surface area contributed by atoms with Crippen molar-refractivity contribution in [3.63, 3.8) is 0 Å². The minimum Gasteiger partial charge on any atom is -0.384 e. The second-order valence-electron chi connectivity index (χ2n) is 5.12. The third-order valence-electron chi connectivity index (χ3n) is 3.21. The van der Waals surface area contributed by atoms with E-state index in [9.17, 15) is 0 Å². The molecule has 128 valence electrons. The fourth-order valence-electron chi connectivity index (χ4n) is 1.97. The molecule has 0 saturated heterocycles. The zero-order valence-corrected chi connectivity index (χ0v) is 14.5. The van der Waals surface area contributed by atoms with Crippen LogP contribution in [0.3, 0.4) is 0 Å². The van der Waals surface area contributed by atoms with Gasteiger partial charge in [0.1, 0.15) is 23.9 Å². The lowest BCUT2D eigenvalue weighted by Gasteiger charge is -1.97. The van der Waals surface area contributed by atoms with E-state index >= 15 is 0 Å². The van der Waals surface area contributed by atoms with Crippen molar-refractivity contribution in [2.24, 2.45) is 0 Å². The number of anilines is 1. The Labute approximate surface area is 153 Å². The van der Waals surface area contributed by atoms with Gasteiger partial charge in [-0.1, -0.05) is 66.2 Å². The van der Waals surface area contributed by atoms with E-state index in [0.29, 0.717) is 11.4 Å². The minimum atomic E-state index is 0. The molecule has 0 unspecified atom stereocenters. The number of nitrogens with zero attached hydrogens (tertiary/aromatic N) is 3. The molecule has 3 rings (SSSR count). The van der Waals surface area contributed by atoms with Gasteiger partial charge >= 0.3 is 0 Å². The third-order valence-corrected chi connectivity index (χ3v) is 3.21. The summed E-state index contributed by atoms with van der Waals surface area (Å²) in [6, 6.07) is 25.4. The summed E-state index contributed by atoms with van der Waals surface area (Å²) >= 11 is 0. The summed E-state index contributed by atoms with van der Waals surface area (Å²) in [4.78, 5) is 2.84. The molecule has 3 N–H and O–H groups in total. The standard InChI is InChI=1S/C11H9N3.C7H8.C3H2N2/c12-6-9-10(7-14-11(9)13)8-4-2-1-3-5-8;1-7-5-3-2-4-6-7;4-2-1-3-5/h1-5,7,14H,13H2;2-6H,1H3;1H2. The summed E-state index contributed by atoms with van der Waals surface area (Å²) in [7, 11) is 0. The molecular formula is C21H19N5. The summed E-state index contributed by atoms with van der Waals surface area (Å²) in [6.45, 7) is 2.08. The summed E-state index contributed by atoms with van der Waals surface area (Å²) in [5.74, 6) is 0.423. The molecule has 0 amide bonds. The highest BCUT2D eigenvalue weighted by Crippen LogP contribution is 2.26. The van der Waals surface area contributed by atoms with Gasteiger partial charge in [-0.3, -0.25) is 0 Å². The Hall–Kier alpha value is -4.01. The molecule has 0 aliphatic rings. The molecule has 2 aromatic carbocycles. The van der Waals surface area contributed by atoms with Gasteiger partial charge in [0.15, 0.2) is 0 Å². The maximum Gasteiger partial charge on any atom is 0.122 e. The Bertz CT molecular complexity index is 895. The molecule has 0 saturated carbocycles. The molecule has 1 aromatic heterocycles. The van der Waals surface area contributed by atoms with Crippen LogP contribution in [-0.4, -0.2) is 4.98 Å². The third kappa shape index (κ3) is 6.62. The summed E-state index contributed by atoms with van der Waals surface area (Å²) in [5.41, 5.74) is 9.29. The van der Waals surface area contributed by atoms with E-state index in [-0.39, 0.29) is 6.42 Å². The highest BCUT2D eigenvalue weighted by molar-refractivity contribution is 5.75. The summed E-state index contributed by atoms with van der Waals surface area (Å²) in [6.07, 6.45) is 1.75. The molecular weight excluding hydrogens is 322 g/mol. The van der Waals surface area contributed by atoms with Crippen molar-refractivity contribution in [1.29, 1.82) is 15.8 Å². The maximum absolute atomic E-state index is 8.90. The van der Waals surface area contributed by atoms with E-state index in [4.69, 9.17) is 21.5 Å². The van der Waals surface area contributed by atoms with Crippen molar-refractivity contribution in [3.8, 4) is 29.3 Å². The van der Waals surface area contributed by atoms with Crippen LogP contribution in [0.1, 0.15) is 17.5 Å². The van der Waals surface area contributed by atoms with Crippen LogP contribution in [-0.2, 0) is 0 Å². The van der Waals surface area contributed by atoms with Crippen LogP contribution in [0.2, 0.25) is 0 Å². The minimum absolute atomic E-state index is 0. The average molecular weight is 341 g/mol. The largest absolute Gasteiger partial charge is 0.384 e. The summed E-state index contributed by atoms with van der Waals surface area (Å²) < 4.78 is 0. The summed E-state index contributed by atoms with van der Waals surface area (Å²) in [5, 5.41) is 24.1. The number of H-pyrrole nitrogens is 1. The first-order valence-corrected chi connectivity index (χ1v) is 7.82. The number of rotatable bonds is 1. The Balaban J connectivity index is 0.000000235. The van der Waals surface area contributed by atoms with Crippen LogP contribution in [0, 0.1) is 40.9 Å². The van der Waals surface area contributed by atoms with Crippen molar-refractivity contribution < 1.29 is 0 Å². The molecule has 0 aliphatic carbocycles. The molecule has 0 bridgehead atoms. The molecule has 0 radical (unpaired) electrons. The second kappa shape index (κ2) is 11.5. The van der Waals surface area contributed by atoms with Gasteiger partial charge in [-0.2, -0.15) is 15.8 Å². The first-order valence-electron chi connectivity index (χ1n) is 7.82. The molecule has 0 spiro atoms. The number of hydrogen-bond acceptors (Lipinski definition) is 4. The lowest BCUT2D eigenvalue weighted by molar-refractivity contribution is 1.33. The van der Waals surface area contributed by atoms with E-state index in [1.54, 1.807) is 18.3 Å². The molecule has 5 heteroatoms. The number of nitriles is 3. The fraction of sp³-hybridized carbons (Fsp3) is 0.0952. The van der Waals surface area contributed by atoms with Crippen LogP contribution in [0.25, 0.3) is 11.1 Å². The number of aromatic amines is 1. The van der Waals surface area contributed by atoms with Gasteiger partial charge in [-0.25, -0.2) is 0 Å². The van der Waals surface area contributed by atoms with Crippen LogP contribution in [0.4, 0.5) is 5.82 Å². The first-order chi connectivity index (χ1) is 12.6. The van der Waals surface area contributed by atoms with Crippen LogP contribution in [0.5, 0.6) is 0 Å². The van der Waals surface area contributed by atoms with Gasteiger partial charge in [-0.05, 0) is 12.5 Å². The predicted molar refractivity (Wildman–Crippen MR) is 102 cm³/mol. The number of nitrogen functional groups attached to an aromatic ring is 1. The van der Waals surface area contributed by atoms with Crippen LogP contribution >= 0.6 is 0 Å². The van der Waals surface area contributed by atoms with E-state index in [2.05, 4.69) is 30.1 Å². The Morgan fingerprint density at radius 2 is 1.42 bits per heavy atom. The topological polar surface area (TPSA) is 113 Å². The lowest BCUT2D eigenvalue weighted by atomic mass is 10.1. The predicted octanol–water partition coefficient (Wildman–Crippen LogP) is 4.55. The van der Waals surface area contributed by atoms with E-state index in [0.717, 1.165) is 11.1 Å². The number of nitrogens with two attached hydrogens (primary N) is 1. The van der Waals surface area contributed by atoms with Gasteiger partial charge in [0.2, 0.25) is 0 Å². The number of hydrogen-bond donors (Lipinski definition) is 2. The van der Waals surface area contributed by atoms with Crippen molar-refractivity contribution in [2.75, 3.05) is 5.73 Å². The number of aryl methyl sites for hydroxylation is 1. The highest BCUT2D eigenvalue weighted by Gasteiger charge is 2.09. The smallest absolute Gasteiger partial charge is 0.122 e. The molecule has 1 heterocycles. The first kappa shape index (κ1) is 20.0. The molecule has 0 fully saturated rings. The van der Waals surface area contributed by atoms with E-state index in [1.807, 2.05) is 48.5 Å². The molecule has 0 atom stereocenters. The van der Waals surface area contributed by atoms with E-state index in [1.165, 1.54) is 5.56 Å². The van der Waals surface area contributed by atoms with Crippen molar-refractivity contribution in [2.45, 2.75) is 13.3 Å². The van der Waals surface area contributed by atoms with Crippen LogP contribution < -0.4 is 5.73 Å². The molecule has 0 aliphatic heterocycles. The Morgan fingerprint density at radius 3 is 1.81 bits per heavy atom. The monoisotopic (exact) mass is 341 g/mol. The van der Waals surface area contributed by atoms with Gasteiger partial charge < -0.3 is 10.7 Å². The van der Waals surface area contributed by atoms with Gasteiger partial charge in [0, 0.05) is 11.8 Å². The number of nitrogens with one attached hydrogen (secondary N) is 1. The van der Waals surface area contributed by atoms with Gasteiger partial charge in [0.25, 0.3) is 0 Å². The van der Waals surface area contributed by atoms with Crippen LogP contribution in [0.15, 0.2) is 66.9 Å². The molecule has 26 heavy (non-hydrogen) atoms. The number of benzene rings is 2. The second-order valence-corrected chi connectivity index (χ2v) is 5.12. The lowest BCUT2D eigenvalue weighted by Crippen LogP contribution is -1.87. The molecule has 3 aromatic rings. The van der Waals surface area contributed by atoms with Crippen molar-refractivity contribution in [3.05, 3.63) is 78.0 Å². The highest BCUT2D eigenvalue weighted by atomic mass is 14.8. The fourth-order valence-corrected chi connectivity index (χ4v) is 1.97. The normalized spacial score (nSPS) is 8.38. The van der Waals surface area contributed by atoms with Gasteiger partial charge in [0.05, 0.1) is 12.1 Å². The average Bonchev–Trinajstić information content (AvgIpc) is 3.05. The SMILES string of the molecule is Cc1ccccc1.N#CCC#N.N#Cc1c(-c2ccccc2)c[nH]c1N. The zero-order chi connectivity index (χ0) is 19.2. The zero-order valence-electron chi connectivity index (χ0n) is 14.5. The van der Waals surface area contributed by atoms with Crippen molar-refractivity contribution in [1.82, 2.24) is 4.98 Å². The maximum atomic E-state index is 8.90. The van der Waals surface area contributed by atoms with Crippen molar-refractivity contribution >= 4 is 5.82 Å². The van der Waals surface area contributed by atoms with E-state index < -0.39 is 0 Å². The Morgan fingerprint density at radius 1 is 0.885 bits per heavy atom. The Kier molecular flexibility index (Phi) is 8.87. The van der Waals surface area contributed by atoms with Gasteiger partial charge in [-0.15, -0.1) is 0 Å². The number of aromatic nitrogens is 1. The quantitative estimate of drug-likeness (QED) is 0.675. The molecule has 5 nitrogen and oxygen atoms in total.